The summed E-state index contributed by atoms with van der Waals surface area (Å²) >= 11 is 0. The van der Waals surface area contributed by atoms with Gasteiger partial charge in [-0.15, -0.1) is 29.8 Å². The van der Waals surface area contributed by atoms with E-state index in [1.165, 1.54) is 6.07 Å². The molecule has 2 aromatic carbocycles. The third kappa shape index (κ3) is 3.01. The molecular formula is C17H11FIrN-. The van der Waals surface area contributed by atoms with E-state index in [0.717, 1.165) is 16.8 Å². The van der Waals surface area contributed by atoms with Crippen LogP contribution in [0.5, 0.6) is 0 Å². The van der Waals surface area contributed by atoms with Gasteiger partial charge in [-0.25, -0.2) is 4.39 Å². The molecule has 0 bridgehead atoms. The van der Waals surface area contributed by atoms with Crippen LogP contribution in [0.15, 0.2) is 66.9 Å². The molecule has 1 radical (unpaired) electrons. The second-order valence-electron chi connectivity index (χ2n) is 4.19. The molecule has 1 heterocycles. The molecular weight excluding hydrogens is 429 g/mol. The predicted octanol–water partition coefficient (Wildman–Crippen LogP) is 4.35. The first kappa shape index (κ1) is 14.6. The van der Waals surface area contributed by atoms with Crippen LogP contribution in [0, 0.1) is 11.9 Å². The molecule has 3 rings (SSSR count). The van der Waals surface area contributed by atoms with Crippen molar-refractivity contribution in [1.29, 1.82) is 0 Å². The summed E-state index contributed by atoms with van der Waals surface area (Å²) in [6.45, 7) is 0. The Labute approximate surface area is 130 Å². The summed E-state index contributed by atoms with van der Waals surface area (Å²) in [5.41, 5.74) is 3.12. The second-order valence-corrected chi connectivity index (χ2v) is 4.19. The van der Waals surface area contributed by atoms with E-state index in [1.54, 1.807) is 24.4 Å². The zero-order valence-electron chi connectivity index (χ0n) is 10.5. The Hall–Kier alpha value is -1.83. The van der Waals surface area contributed by atoms with Gasteiger partial charge in [-0.3, -0.25) is 0 Å². The van der Waals surface area contributed by atoms with E-state index in [1.807, 2.05) is 36.4 Å². The smallest absolute Gasteiger partial charge is 0.129 e. The maximum Gasteiger partial charge on any atom is 0.129 e. The van der Waals surface area contributed by atoms with Gasteiger partial charge >= 0.3 is 0 Å². The summed E-state index contributed by atoms with van der Waals surface area (Å²) in [4.78, 5) is 4.28. The van der Waals surface area contributed by atoms with Gasteiger partial charge in [0.15, 0.2) is 0 Å². The molecule has 3 aromatic rings. The molecule has 0 N–H and O–H groups in total. The van der Waals surface area contributed by atoms with Crippen molar-refractivity contribution >= 4 is 0 Å². The summed E-state index contributed by atoms with van der Waals surface area (Å²) in [6.07, 6.45) is 1.74. The molecule has 0 amide bonds. The number of halogens is 1. The molecule has 20 heavy (non-hydrogen) atoms. The fourth-order valence-corrected chi connectivity index (χ4v) is 2.00. The van der Waals surface area contributed by atoms with Crippen molar-refractivity contribution in [3.8, 4) is 22.4 Å². The van der Waals surface area contributed by atoms with Gasteiger partial charge in [-0.1, -0.05) is 35.9 Å². The zero-order valence-corrected chi connectivity index (χ0v) is 12.9. The average molecular weight is 440 g/mol. The van der Waals surface area contributed by atoms with E-state index in [4.69, 9.17) is 0 Å². The first-order valence-electron chi connectivity index (χ1n) is 6.02. The maximum atomic E-state index is 13.8. The molecule has 101 valence electrons. The summed E-state index contributed by atoms with van der Waals surface area (Å²) in [7, 11) is 0. The standard InChI is InChI=1S/C17H11FN.Ir/c18-16-9-2-1-8-15(16)13-6-5-7-14(12-13)17-10-3-4-11-19-17;/h1-6,8-12H;/q-1;. The van der Waals surface area contributed by atoms with E-state index in [0.29, 0.717) is 5.56 Å². The van der Waals surface area contributed by atoms with Gasteiger partial charge < -0.3 is 4.98 Å². The Balaban J connectivity index is 0.00000147. The molecule has 1 nitrogen and oxygen atoms in total. The van der Waals surface area contributed by atoms with Crippen LogP contribution in [0.4, 0.5) is 4.39 Å². The Morgan fingerprint density at radius 3 is 2.50 bits per heavy atom. The van der Waals surface area contributed by atoms with Gasteiger partial charge in [-0.2, -0.15) is 0 Å². The third-order valence-electron chi connectivity index (χ3n) is 2.93. The largest absolute Gasteiger partial charge is 0.305 e. The summed E-state index contributed by atoms with van der Waals surface area (Å²) in [5.74, 6) is -0.222. The van der Waals surface area contributed by atoms with Gasteiger partial charge in [0.05, 0.1) is 0 Å². The SMILES string of the molecule is Fc1ccccc1-c1cc[c-]c(-c2ccccn2)c1.[Ir]. The minimum Gasteiger partial charge on any atom is -0.305 e. The van der Waals surface area contributed by atoms with Gasteiger partial charge in [0.2, 0.25) is 0 Å². The molecule has 0 spiro atoms. The topological polar surface area (TPSA) is 12.9 Å². The summed E-state index contributed by atoms with van der Waals surface area (Å²) in [6, 6.07) is 21.1. The van der Waals surface area contributed by atoms with E-state index >= 15 is 0 Å². The van der Waals surface area contributed by atoms with Crippen LogP contribution in [0.25, 0.3) is 22.4 Å². The van der Waals surface area contributed by atoms with Crippen molar-refractivity contribution in [2.45, 2.75) is 0 Å². The van der Waals surface area contributed by atoms with Gasteiger partial charge in [0.1, 0.15) is 5.82 Å². The Bertz CT molecular complexity index is 698. The minimum absolute atomic E-state index is 0. The molecule has 0 atom stereocenters. The maximum absolute atomic E-state index is 13.8. The number of pyridine rings is 1. The predicted molar refractivity (Wildman–Crippen MR) is 73.9 cm³/mol. The molecule has 0 fully saturated rings. The zero-order chi connectivity index (χ0) is 13.1. The quantitative estimate of drug-likeness (QED) is 0.540. The Kier molecular flexibility index (Phi) is 4.78. The fourth-order valence-electron chi connectivity index (χ4n) is 2.00. The first-order chi connectivity index (χ1) is 9.34. The number of rotatable bonds is 2. The minimum atomic E-state index is -0.222. The molecule has 1 aromatic heterocycles. The van der Waals surface area contributed by atoms with Crippen LogP contribution in [0.3, 0.4) is 0 Å². The van der Waals surface area contributed by atoms with E-state index in [2.05, 4.69) is 11.1 Å². The summed E-state index contributed by atoms with van der Waals surface area (Å²) in [5, 5.41) is 0. The number of nitrogens with zero attached hydrogens (tertiary/aromatic N) is 1. The van der Waals surface area contributed by atoms with Crippen LogP contribution in [0.2, 0.25) is 0 Å². The number of hydrogen-bond donors (Lipinski definition) is 0. The third-order valence-corrected chi connectivity index (χ3v) is 2.93. The average Bonchev–Trinajstić information content (AvgIpc) is 2.49. The van der Waals surface area contributed by atoms with Crippen molar-refractivity contribution in [3.05, 3.63) is 78.7 Å². The van der Waals surface area contributed by atoms with Gasteiger partial charge in [0.25, 0.3) is 0 Å². The first-order valence-corrected chi connectivity index (χ1v) is 6.02. The molecule has 0 saturated carbocycles. The number of aromatic nitrogens is 1. The molecule has 0 saturated heterocycles. The number of benzene rings is 2. The monoisotopic (exact) mass is 441 g/mol. The van der Waals surface area contributed by atoms with Crippen molar-refractivity contribution in [2.75, 3.05) is 0 Å². The van der Waals surface area contributed by atoms with Crippen LogP contribution >= 0.6 is 0 Å². The normalized spacial score (nSPS) is 9.85. The van der Waals surface area contributed by atoms with Crippen molar-refractivity contribution in [1.82, 2.24) is 4.98 Å². The Morgan fingerprint density at radius 2 is 1.75 bits per heavy atom. The van der Waals surface area contributed by atoms with Crippen LogP contribution in [-0.4, -0.2) is 4.98 Å². The summed E-state index contributed by atoms with van der Waals surface area (Å²) < 4.78 is 13.8. The molecule has 0 aliphatic carbocycles. The van der Waals surface area contributed by atoms with Crippen LogP contribution in [-0.2, 0) is 20.1 Å². The fraction of sp³-hybridized carbons (Fsp3) is 0. The molecule has 3 heteroatoms. The van der Waals surface area contributed by atoms with Gasteiger partial charge in [-0.05, 0) is 23.4 Å². The van der Waals surface area contributed by atoms with Crippen LogP contribution in [0.1, 0.15) is 0 Å². The van der Waals surface area contributed by atoms with E-state index in [9.17, 15) is 4.39 Å². The van der Waals surface area contributed by atoms with E-state index in [-0.39, 0.29) is 25.9 Å². The molecule has 0 aliphatic heterocycles. The molecule has 0 aliphatic rings. The van der Waals surface area contributed by atoms with Crippen LogP contribution < -0.4 is 0 Å². The second kappa shape index (κ2) is 6.55. The number of hydrogen-bond acceptors (Lipinski definition) is 1. The van der Waals surface area contributed by atoms with Crippen molar-refractivity contribution in [2.24, 2.45) is 0 Å². The van der Waals surface area contributed by atoms with Crippen molar-refractivity contribution in [3.63, 3.8) is 0 Å². The van der Waals surface area contributed by atoms with Gasteiger partial charge in [0, 0.05) is 26.3 Å². The van der Waals surface area contributed by atoms with E-state index < -0.39 is 0 Å². The Morgan fingerprint density at radius 1 is 0.950 bits per heavy atom. The van der Waals surface area contributed by atoms with Crippen molar-refractivity contribution < 1.29 is 24.5 Å². The molecule has 0 unspecified atom stereocenters.